The molecule has 0 radical (unpaired) electrons. The van der Waals surface area contributed by atoms with Gasteiger partial charge in [-0.25, -0.2) is 5.43 Å². The van der Waals surface area contributed by atoms with Gasteiger partial charge in [0.15, 0.2) is 0 Å². The van der Waals surface area contributed by atoms with Crippen molar-refractivity contribution in [2.45, 2.75) is 6.92 Å². The molecule has 0 fully saturated rings. The van der Waals surface area contributed by atoms with Crippen LogP contribution in [-0.4, -0.2) is 11.6 Å². The fraction of sp³-hybridized carbons (Fsp3) is 0.0769. The number of halogens is 3. The summed E-state index contributed by atoms with van der Waals surface area (Å²) in [6.45, 7) is 1.72. The molecule has 2 rings (SSSR count). The Morgan fingerprint density at radius 3 is 2.60 bits per heavy atom. The van der Waals surface area contributed by atoms with Crippen molar-refractivity contribution in [2.75, 3.05) is 0 Å². The summed E-state index contributed by atoms with van der Waals surface area (Å²) in [5.41, 5.74) is 3.63. The zero-order valence-electron chi connectivity index (χ0n) is 10.3. The summed E-state index contributed by atoms with van der Waals surface area (Å²) in [7, 11) is 0. The van der Waals surface area contributed by atoms with Crippen molar-refractivity contribution in [1.29, 1.82) is 0 Å². The topological polar surface area (TPSA) is 41.5 Å². The van der Waals surface area contributed by atoms with Crippen molar-refractivity contribution in [2.24, 2.45) is 5.10 Å². The normalized spacial score (nSPS) is 11.5. The van der Waals surface area contributed by atoms with Gasteiger partial charge >= 0.3 is 0 Å². The van der Waals surface area contributed by atoms with Crippen LogP contribution in [0.5, 0.6) is 0 Å². The maximum Gasteiger partial charge on any atom is 0.281 e. The summed E-state index contributed by atoms with van der Waals surface area (Å²) in [6, 6.07) is 6.85. The number of hydrazone groups is 1. The summed E-state index contributed by atoms with van der Waals surface area (Å²) >= 11 is 19.3. The number of hydrogen-bond donors (Lipinski definition) is 1. The van der Waals surface area contributed by atoms with E-state index >= 15 is 0 Å². The molecule has 7 heteroatoms. The smallest absolute Gasteiger partial charge is 0.266 e. The van der Waals surface area contributed by atoms with Crippen molar-refractivity contribution < 1.29 is 4.79 Å². The number of nitrogens with one attached hydrogen (secondary N) is 1. The van der Waals surface area contributed by atoms with Crippen LogP contribution in [0.25, 0.3) is 0 Å². The molecule has 0 unspecified atom stereocenters. The van der Waals surface area contributed by atoms with Gasteiger partial charge in [0, 0.05) is 5.56 Å². The van der Waals surface area contributed by atoms with Gasteiger partial charge in [-0.2, -0.15) is 5.10 Å². The van der Waals surface area contributed by atoms with E-state index in [9.17, 15) is 4.79 Å². The number of benzene rings is 1. The van der Waals surface area contributed by atoms with E-state index in [-0.39, 0.29) is 10.9 Å². The summed E-state index contributed by atoms with van der Waals surface area (Å²) in [4.78, 5) is 12.3. The van der Waals surface area contributed by atoms with E-state index in [0.29, 0.717) is 26.2 Å². The van der Waals surface area contributed by atoms with Gasteiger partial charge in [0.05, 0.1) is 25.7 Å². The number of amides is 1. The molecule has 0 spiro atoms. The first-order valence-corrected chi connectivity index (χ1v) is 7.54. The van der Waals surface area contributed by atoms with Crippen LogP contribution < -0.4 is 5.43 Å². The maximum absolute atomic E-state index is 11.8. The Balaban J connectivity index is 2.19. The number of nitrogens with zero attached hydrogens (tertiary/aromatic N) is 1. The minimum absolute atomic E-state index is 0.268. The van der Waals surface area contributed by atoms with Crippen LogP contribution in [0.4, 0.5) is 0 Å². The number of hydrogen-bond acceptors (Lipinski definition) is 3. The molecule has 0 aliphatic carbocycles. The minimum Gasteiger partial charge on any atom is -0.266 e. The minimum atomic E-state index is -0.268. The zero-order valence-corrected chi connectivity index (χ0v) is 13.4. The Morgan fingerprint density at radius 2 is 1.95 bits per heavy atom. The summed E-state index contributed by atoms with van der Waals surface area (Å²) in [6.07, 6.45) is 0. The van der Waals surface area contributed by atoms with E-state index in [1.807, 2.05) is 5.38 Å². The highest BCUT2D eigenvalue weighted by molar-refractivity contribution is 7.12. The molecule has 1 aromatic carbocycles. The molecule has 0 bridgehead atoms. The molecule has 1 N–H and O–H groups in total. The molecule has 3 nitrogen and oxygen atoms in total. The van der Waals surface area contributed by atoms with Crippen molar-refractivity contribution in [3.05, 3.63) is 55.2 Å². The van der Waals surface area contributed by atoms with Crippen molar-refractivity contribution >= 4 is 57.8 Å². The third-order valence-corrected chi connectivity index (χ3v) is 4.66. The maximum atomic E-state index is 11.8. The Labute approximate surface area is 135 Å². The molecule has 104 valence electrons. The SMILES string of the molecule is CC(=NNC(=O)c1cccs1)c1ccc(Cl)c(Cl)c1Cl. The Morgan fingerprint density at radius 1 is 1.20 bits per heavy atom. The second-order valence-corrected chi connectivity index (χ2v) is 5.95. The van der Waals surface area contributed by atoms with Crippen molar-refractivity contribution in [3.8, 4) is 0 Å². The third kappa shape index (κ3) is 3.33. The second-order valence-electron chi connectivity index (χ2n) is 3.84. The molecular weight excluding hydrogens is 339 g/mol. The first-order valence-electron chi connectivity index (χ1n) is 5.52. The second kappa shape index (κ2) is 6.59. The van der Waals surface area contributed by atoms with Crippen LogP contribution in [0.15, 0.2) is 34.7 Å². The average Bonchev–Trinajstić information content (AvgIpc) is 2.96. The third-order valence-electron chi connectivity index (χ3n) is 2.50. The number of carbonyl (C=O) groups is 1. The van der Waals surface area contributed by atoms with Crippen LogP contribution >= 0.6 is 46.1 Å². The van der Waals surface area contributed by atoms with E-state index < -0.39 is 0 Å². The molecule has 0 aliphatic heterocycles. The predicted octanol–water partition coefficient (Wildman–Crippen LogP) is 4.86. The van der Waals surface area contributed by atoms with E-state index in [0.717, 1.165) is 0 Å². The highest BCUT2D eigenvalue weighted by Gasteiger charge is 2.11. The number of thiophene rings is 1. The lowest BCUT2D eigenvalue weighted by atomic mass is 10.1. The first kappa shape index (κ1) is 15.3. The molecule has 1 heterocycles. The molecule has 0 atom stereocenters. The lowest BCUT2D eigenvalue weighted by molar-refractivity contribution is 0.0959. The van der Waals surface area contributed by atoms with Gasteiger partial charge in [-0.15, -0.1) is 11.3 Å². The average molecular weight is 348 g/mol. The predicted molar refractivity (Wildman–Crippen MR) is 85.5 cm³/mol. The lowest BCUT2D eigenvalue weighted by Gasteiger charge is -2.07. The van der Waals surface area contributed by atoms with Crippen LogP contribution in [0, 0.1) is 0 Å². The van der Waals surface area contributed by atoms with Gasteiger partial charge in [0.1, 0.15) is 0 Å². The van der Waals surface area contributed by atoms with Gasteiger partial charge < -0.3 is 0 Å². The monoisotopic (exact) mass is 346 g/mol. The summed E-state index contributed by atoms with van der Waals surface area (Å²) in [5.74, 6) is -0.268. The Bertz CT molecular complexity index is 669. The molecule has 1 aromatic heterocycles. The van der Waals surface area contributed by atoms with Gasteiger partial charge in [-0.3, -0.25) is 4.79 Å². The fourth-order valence-corrected chi connectivity index (χ4v) is 2.75. The molecule has 2 aromatic rings. The molecule has 0 saturated heterocycles. The number of rotatable bonds is 3. The van der Waals surface area contributed by atoms with E-state index in [1.54, 1.807) is 31.2 Å². The highest BCUT2D eigenvalue weighted by atomic mass is 35.5. The fourth-order valence-electron chi connectivity index (χ4n) is 1.46. The quantitative estimate of drug-likeness (QED) is 0.481. The molecule has 0 saturated carbocycles. The van der Waals surface area contributed by atoms with E-state index in [4.69, 9.17) is 34.8 Å². The van der Waals surface area contributed by atoms with Crippen LogP contribution in [0.1, 0.15) is 22.2 Å². The first-order chi connectivity index (χ1) is 9.50. The molecular formula is C13H9Cl3N2OS. The zero-order chi connectivity index (χ0) is 14.7. The van der Waals surface area contributed by atoms with Gasteiger partial charge in [-0.1, -0.05) is 46.9 Å². The standard InChI is InChI=1S/C13H9Cl3N2OS/c1-7(8-4-5-9(14)12(16)11(8)15)17-18-13(19)10-3-2-6-20-10/h2-6H,1H3,(H,18,19). The van der Waals surface area contributed by atoms with E-state index in [1.165, 1.54) is 11.3 Å². The lowest BCUT2D eigenvalue weighted by Crippen LogP contribution is -2.18. The van der Waals surface area contributed by atoms with Crippen molar-refractivity contribution in [1.82, 2.24) is 5.43 Å². The van der Waals surface area contributed by atoms with Crippen molar-refractivity contribution in [3.63, 3.8) is 0 Å². The summed E-state index contributed by atoms with van der Waals surface area (Å²) < 4.78 is 0. The molecule has 1 amide bonds. The highest BCUT2D eigenvalue weighted by Crippen LogP contribution is 2.32. The molecule has 0 aliphatic rings. The van der Waals surface area contributed by atoms with Gasteiger partial charge in [-0.05, 0) is 24.4 Å². The van der Waals surface area contributed by atoms with Gasteiger partial charge in [0.2, 0.25) is 0 Å². The number of carbonyl (C=O) groups excluding carboxylic acids is 1. The van der Waals surface area contributed by atoms with Gasteiger partial charge in [0.25, 0.3) is 5.91 Å². The van der Waals surface area contributed by atoms with Crippen LogP contribution in [-0.2, 0) is 0 Å². The molecule has 20 heavy (non-hydrogen) atoms. The summed E-state index contributed by atoms with van der Waals surface area (Å²) in [5, 5.41) is 6.79. The Kier molecular flexibility index (Phi) is 5.05. The van der Waals surface area contributed by atoms with E-state index in [2.05, 4.69) is 10.5 Å². The van der Waals surface area contributed by atoms with Crippen LogP contribution in [0.3, 0.4) is 0 Å². The Hall–Kier alpha value is -1.07. The van der Waals surface area contributed by atoms with Crippen LogP contribution in [0.2, 0.25) is 15.1 Å². The largest absolute Gasteiger partial charge is 0.281 e.